The fraction of sp³-hybridized carbons (Fsp3) is 0.485. The minimum absolute atomic E-state index is 0.0717. The van der Waals surface area contributed by atoms with Gasteiger partial charge < -0.3 is 14.7 Å². The molecule has 2 aromatic carbocycles. The van der Waals surface area contributed by atoms with Crippen molar-refractivity contribution in [2.24, 2.45) is 23.2 Å². The zero-order valence-corrected chi connectivity index (χ0v) is 21.7. The predicted molar refractivity (Wildman–Crippen MR) is 145 cm³/mol. The normalized spacial score (nSPS) is 30.1. The lowest BCUT2D eigenvalue weighted by Gasteiger charge is -2.53. The van der Waals surface area contributed by atoms with Gasteiger partial charge in [0, 0.05) is 23.6 Å². The van der Waals surface area contributed by atoms with Gasteiger partial charge in [0.1, 0.15) is 5.75 Å². The number of unbranched alkanes of at least 4 members (excludes halogenated alkanes) is 2. The van der Waals surface area contributed by atoms with Gasteiger partial charge in [0.15, 0.2) is 5.76 Å². The van der Waals surface area contributed by atoms with Gasteiger partial charge in [-0.25, -0.2) is 0 Å². The van der Waals surface area contributed by atoms with Crippen LogP contribution in [0.25, 0.3) is 11.3 Å². The smallest absolute Gasteiger partial charge is 0.166 e. The first-order valence-electron chi connectivity index (χ1n) is 14.0. The van der Waals surface area contributed by atoms with Crippen molar-refractivity contribution in [3.63, 3.8) is 0 Å². The number of benzene rings is 2. The van der Waals surface area contributed by atoms with Crippen molar-refractivity contribution in [1.29, 1.82) is 0 Å². The van der Waals surface area contributed by atoms with E-state index in [1.165, 1.54) is 24.0 Å². The third-order valence-corrected chi connectivity index (χ3v) is 9.80. The topological polar surface area (TPSA) is 66.5 Å². The zero-order valence-electron chi connectivity index (χ0n) is 21.7. The standard InChI is InChI=1S/C33H37NO3/c1-33-18-16-28-27-13-12-26(35)21-25(27)20-24(32(28)29(33)14-15-31(33)36)7-5-3-2-4-6-22-8-10-23(11-9-22)30-17-19-34-37-30/h8-13,17,19,21,24,28-29,31-32,35-36H,2-3,5,7,14-16,18,20H2,1H3/t24-,28?,29?,31+,32?,33+/m1/s1. The number of fused-ring (bicyclic) bond motifs is 5. The molecular formula is C33H37NO3. The van der Waals surface area contributed by atoms with Crippen molar-refractivity contribution in [1.82, 2.24) is 5.16 Å². The molecule has 3 unspecified atom stereocenters. The highest BCUT2D eigenvalue weighted by Crippen LogP contribution is 2.62. The van der Waals surface area contributed by atoms with Crippen LogP contribution in [0.2, 0.25) is 0 Å². The quantitative estimate of drug-likeness (QED) is 0.293. The molecule has 3 aliphatic rings. The van der Waals surface area contributed by atoms with E-state index in [1.807, 2.05) is 42.5 Å². The molecule has 6 atom stereocenters. The molecule has 0 saturated heterocycles. The van der Waals surface area contributed by atoms with Gasteiger partial charge in [-0.05, 0) is 122 Å². The van der Waals surface area contributed by atoms with Crippen LogP contribution in [-0.4, -0.2) is 21.5 Å². The lowest BCUT2D eigenvalue weighted by Crippen LogP contribution is -2.47. The Kier molecular flexibility index (Phi) is 6.59. The van der Waals surface area contributed by atoms with Crippen LogP contribution in [0.15, 0.2) is 59.3 Å². The van der Waals surface area contributed by atoms with Crippen molar-refractivity contribution in [3.8, 4) is 28.9 Å². The second-order valence-corrected chi connectivity index (χ2v) is 11.8. The summed E-state index contributed by atoms with van der Waals surface area (Å²) in [5, 5.41) is 24.8. The molecule has 0 radical (unpaired) electrons. The SMILES string of the molecule is C[C@]12CCC3c4ccc(O)cc4C[C@@H](CCCCC#Cc4ccc(-c5ccno5)cc4)C3C1CC[C@@H]2O. The average Bonchev–Trinajstić information content (AvgIpc) is 3.54. The molecule has 1 heterocycles. The van der Waals surface area contributed by atoms with Gasteiger partial charge in [0.2, 0.25) is 0 Å². The van der Waals surface area contributed by atoms with Crippen LogP contribution in [0.3, 0.4) is 0 Å². The maximum absolute atomic E-state index is 10.9. The molecule has 6 rings (SSSR count). The van der Waals surface area contributed by atoms with E-state index in [9.17, 15) is 10.2 Å². The zero-order chi connectivity index (χ0) is 25.4. The molecule has 4 heteroatoms. The summed E-state index contributed by atoms with van der Waals surface area (Å²) in [6.07, 6.45) is 11.3. The number of aliphatic hydroxyl groups is 1. The lowest BCUT2D eigenvalue weighted by molar-refractivity contribution is -0.0396. The maximum atomic E-state index is 10.9. The van der Waals surface area contributed by atoms with Crippen LogP contribution in [0, 0.1) is 35.0 Å². The van der Waals surface area contributed by atoms with E-state index in [2.05, 4.69) is 30.0 Å². The van der Waals surface area contributed by atoms with Gasteiger partial charge >= 0.3 is 0 Å². The second-order valence-electron chi connectivity index (χ2n) is 11.8. The van der Waals surface area contributed by atoms with Gasteiger partial charge in [-0.15, -0.1) is 0 Å². The van der Waals surface area contributed by atoms with Gasteiger partial charge in [-0.3, -0.25) is 0 Å². The highest BCUT2D eigenvalue weighted by Gasteiger charge is 2.56. The average molecular weight is 496 g/mol. The highest BCUT2D eigenvalue weighted by molar-refractivity contribution is 5.58. The molecule has 0 amide bonds. The Bertz CT molecular complexity index is 1290. The summed E-state index contributed by atoms with van der Waals surface area (Å²) in [6, 6.07) is 16.0. The summed E-state index contributed by atoms with van der Waals surface area (Å²) >= 11 is 0. The molecule has 2 N–H and O–H groups in total. The van der Waals surface area contributed by atoms with Crippen LogP contribution in [0.1, 0.15) is 80.9 Å². The van der Waals surface area contributed by atoms with Gasteiger partial charge in [-0.1, -0.05) is 36.4 Å². The van der Waals surface area contributed by atoms with Crippen molar-refractivity contribution in [2.45, 2.75) is 76.7 Å². The predicted octanol–water partition coefficient (Wildman–Crippen LogP) is 7.10. The number of phenols is 1. The third-order valence-electron chi connectivity index (χ3n) is 9.80. The Balaban J connectivity index is 1.10. The monoisotopic (exact) mass is 495 g/mol. The van der Waals surface area contributed by atoms with E-state index in [1.54, 1.807) is 6.20 Å². The molecule has 4 nitrogen and oxygen atoms in total. The Morgan fingerprint density at radius 2 is 1.92 bits per heavy atom. The summed E-state index contributed by atoms with van der Waals surface area (Å²) < 4.78 is 5.22. The molecule has 2 fully saturated rings. The molecule has 0 bridgehead atoms. The van der Waals surface area contributed by atoms with Gasteiger partial charge in [0.25, 0.3) is 0 Å². The Morgan fingerprint density at radius 1 is 1.05 bits per heavy atom. The van der Waals surface area contributed by atoms with Gasteiger partial charge in [-0.2, -0.15) is 0 Å². The molecular weight excluding hydrogens is 458 g/mol. The largest absolute Gasteiger partial charge is 0.508 e. The van der Waals surface area contributed by atoms with Crippen LogP contribution < -0.4 is 0 Å². The summed E-state index contributed by atoms with van der Waals surface area (Å²) in [5.74, 6) is 10.3. The van der Waals surface area contributed by atoms with Crippen molar-refractivity contribution in [3.05, 3.63) is 71.4 Å². The number of nitrogens with zero attached hydrogens (tertiary/aromatic N) is 1. The minimum Gasteiger partial charge on any atom is -0.508 e. The number of phenolic OH excluding ortho intramolecular Hbond substituents is 1. The number of rotatable bonds is 5. The van der Waals surface area contributed by atoms with E-state index in [-0.39, 0.29) is 11.5 Å². The number of aliphatic hydroxyl groups excluding tert-OH is 1. The van der Waals surface area contributed by atoms with E-state index < -0.39 is 0 Å². The van der Waals surface area contributed by atoms with Crippen LogP contribution in [0.4, 0.5) is 0 Å². The molecule has 3 aliphatic carbocycles. The number of hydrogen-bond acceptors (Lipinski definition) is 4. The summed E-state index contributed by atoms with van der Waals surface area (Å²) in [4.78, 5) is 0. The minimum atomic E-state index is -0.152. The first kappa shape index (κ1) is 24.3. The van der Waals surface area contributed by atoms with Crippen LogP contribution >= 0.6 is 0 Å². The molecule has 1 aromatic heterocycles. The summed E-state index contributed by atoms with van der Waals surface area (Å²) in [6.45, 7) is 2.35. The van der Waals surface area contributed by atoms with Crippen molar-refractivity contribution < 1.29 is 14.7 Å². The Hall–Kier alpha value is -3.03. The fourth-order valence-electron chi connectivity index (χ4n) is 7.90. The van der Waals surface area contributed by atoms with E-state index in [0.29, 0.717) is 29.4 Å². The second kappa shape index (κ2) is 10.0. The molecule has 37 heavy (non-hydrogen) atoms. The summed E-state index contributed by atoms with van der Waals surface area (Å²) in [5.41, 5.74) is 4.92. The molecule has 2 saturated carbocycles. The number of aromatic nitrogens is 1. The van der Waals surface area contributed by atoms with Crippen LogP contribution in [0.5, 0.6) is 5.75 Å². The first-order chi connectivity index (χ1) is 18.0. The van der Waals surface area contributed by atoms with Crippen molar-refractivity contribution >= 4 is 0 Å². The Labute approximate surface area is 220 Å². The highest BCUT2D eigenvalue weighted by atomic mass is 16.5. The van der Waals surface area contributed by atoms with Crippen molar-refractivity contribution in [2.75, 3.05) is 0 Å². The molecule has 192 valence electrons. The maximum Gasteiger partial charge on any atom is 0.166 e. The molecule has 0 spiro atoms. The number of hydrogen-bond donors (Lipinski definition) is 2. The third kappa shape index (κ3) is 4.59. The number of aromatic hydroxyl groups is 1. The van der Waals surface area contributed by atoms with Gasteiger partial charge in [0.05, 0.1) is 12.3 Å². The first-order valence-corrected chi connectivity index (χ1v) is 14.0. The van der Waals surface area contributed by atoms with E-state index in [0.717, 1.165) is 61.8 Å². The fourth-order valence-corrected chi connectivity index (χ4v) is 7.90. The van der Waals surface area contributed by atoms with E-state index >= 15 is 0 Å². The lowest BCUT2D eigenvalue weighted by atomic mass is 9.52. The summed E-state index contributed by atoms with van der Waals surface area (Å²) in [7, 11) is 0. The van der Waals surface area contributed by atoms with E-state index in [4.69, 9.17) is 4.52 Å². The molecule has 3 aromatic rings. The Morgan fingerprint density at radius 3 is 2.73 bits per heavy atom. The molecule has 0 aliphatic heterocycles. The van der Waals surface area contributed by atoms with Crippen LogP contribution in [-0.2, 0) is 6.42 Å².